The lowest BCUT2D eigenvalue weighted by atomic mass is 10.0. The van der Waals surface area contributed by atoms with E-state index in [0.29, 0.717) is 35.9 Å². The van der Waals surface area contributed by atoms with Crippen LogP contribution in [0.1, 0.15) is 23.2 Å². The molecule has 0 radical (unpaired) electrons. The zero-order chi connectivity index (χ0) is 26.1. The van der Waals surface area contributed by atoms with Crippen LogP contribution in [0.25, 0.3) is 21.8 Å². The van der Waals surface area contributed by atoms with E-state index in [1.165, 1.54) is 12.8 Å². The highest BCUT2D eigenvalue weighted by Crippen LogP contribution is 2.27. The van der Waals surface area contributed by atoms with Gasteiger partial charge in [-0.15, -0.1) is 24.8 Å². The lowest BCUT2D eigenvalue weighted by Crippen LogP contribution is -2.55. The molecule has 10 heteroatoms. The van der Waals surface area contributed by atoms with Crippen LogP contribution in [0.15, 0.2) is 67.0 Å². The number of hydrogen-bond acceptors (Lipinski definition) is 5. The molecule has 0 unspecified atom stereocenters. The molecule has 2 saturated heterocycles. The minimum atomic E-state index is -0.210. The third-order valence-corrected chi connectivity index (χ3v) is 8.11. The summed E-state index contributed by atoms with van der Waals surface area (Å²) in [5.41, 5.74) is 2.79. The minimum absolute atomic E-state index is 0. The van der Waals surface area contributed by atoms with Crippen LogP contribution in [0.2, 0.25) is 0 Å². The van der Waals surface area contributed by atoms with Crippen molar-refractivity contribution in [3.05, 3.63) is 72.6 Å². The number of amides is 2. The van der Waals surface area contributed by atoms with Crippen LogP contribution < -0.4 is 4.90 Å². The first-order valence-electron chi connectivity index (χ1n) is 13.5. The van der Waals surface area contributed by atoms with E-state index in [-0.39, 0.29) is 43.2 Å². The maximum atomic E-state index is 14.0. The summed E-state index contributed by atoms with van der Waals surface area (Å²) in [4.78, 5) is 43.8. The number of fused-ring (bicyclic) bond motifs is 2. The first kappa shape index (κ1) is 29.8. The number of pyridine rings is 1. The van der Waals surface area contributed by atoms with Gasteiger partial charge in [0.05, 0.1) is 11.2 Å². The first-order valence-corrected chi connectivity index (χ1v) is 13.5. The van der Waals surface area contributed by atoms with Crippen molar-refractivity contribution in [1.29, 1.82) is 0 Å². The monoisotopic (exact) mass is 582 g/mol. The van der Waals surface area contributed by atoms with Gasteiger partial charge in [-0.2, -0.15) is 0 Å². The normalized spacial score (nSPS) is 16.9. The van der Waals surface area contributed by atoms with Crippen molar-refractivity contribution in [1.82, 2.24) is 24.7 Å². The number of hydrogen-bond donors (Lipinski definition) is 1. The van der Waals surface area contributed by atoms with Crippen molar-refractivity contribution >= 4 is 64.1 Å². The molecule has 2 amide bonds. The largest absolute Gasteiger partial charge is 0.361 e. The topological polar surface area (TPSA) is 75.8 Å². The van der Waals surface area contributed by atoms with E-state index in [2.05, 4.69) is 26.8 Å². The number of benzene rings is 2. The fourth-order valence-corrected chi connectivity index (χ4v) is 5.84. The number of para-hydroxylation sites is 1. The highest BCUT2D eigenvalue weighted by molar-refractivity contribution is 6.13. The van der Waals surface area contributed by atoms with E-state index in [1.54, 1.807) is 11.1 Å². The summed E-state index contributed by atoms with van der Waals surface area (Å²) >= 11 is 0. The van der Waals surface area contributed by atoms with Crippen molar-refractivity contribution < 1.29 is 9.59 Å². The molecule has 0 atom stereocenters. The second-order valence-electron chi connectivity index (χ2n) is 10.5. The summed E-state index contributed by atoms with van der Waals surface area (Å²) in [6.45, 7) is 5.39. The number of halogens is 2. The standard InChI is InChI=1S/C30H34N6O2.2ClH/c1-33-14-10-25(11-15-33)34-16-18-35(19-17-34)28(37)21-36(27-6-2-4-23-5-3-12-32-29(23)27)30(38)24-8-7-22-9-13-31-26(22)20-24;;/h2-9,12-13,20,25,31H,10-11,14-19,21H2,1H3;2*1H. The molecule has 0 bridgehead atoms. The molecule has 2 fully saturated rings. The van der Waals surface area contributed by atoms with Crippen LogP contribution in [-0.4, -0.2) is 95.4 Å². The van der Waals surface area contributed by atoms with E-state index in [9.17, 15) is 9.59 Å². The number of aromatic amines is 1. The lowest BCUT2D eigenvalue weighted by Gasteiger charge is -2.42. The molecule has 2 aliphatic heterocycles. The number of piperazine rings is 1. The second kappa shape index (κ2) is 13.0. The fourth-order valence-electron chi connectivity index (χ4n) is 5.84. The Morgan fingerprint density at radius 1 is 0.925 bits per heavy atom. The molecule has 2 aliphatic rings. The molecule has 4 aromatic rings. The van der Waals surface area contributed by atoms with Crippen molar-refractivity contribution in [2.24, 2.45) is 0 Å². The molecule has 0 aliphatic carbocycles. The van der Waals surface area contributed by atoms with E-state index in [0.717, 1.165) is 42.5 Å². The van der Waals surface area contributed by atoms with Gasteiger partial charge >= 0.3 is 0 Å². The molecule has 2 aromatic carbocycles. The number of aromatic nitrogens is 2. The zero-order valence-corrected chi connectivity index (χ0v) is 24.3. The number of nitrogens with zero attached hydrogens (tertiary/aromatic N) is 5. The van der Waals surface area contributed by atoms with Crippen molar-refractivity contribution in [2.75, 3.05) is 57.8 Å². The Morgan fingerprint density at radius 2 is 1.68 bits per heavy atom. The molecule has 0 spiro atoms. The third kappa shape index (κ3) is 6.10. The van der Waals surface area contributed by atoms with Gasteiger partial charge in [-0.3, -0.25) is 24.4 Å². The Morgan fingerprint density at radius 3 is 2.45 bits per heavy atom. The Hall–Kier alpha value is -3.17. The maximum absolute atomic E-state index is 14.0. The van der Waals surface area contributed by atoms with Crippen LogP contribution in [0.3, 0.4) is 0 Å². The van der Waals surface area contributed by atoms with Gasteiger partial charge in [0.1, 0.15) is 6.54 Å². The van der Waals surface area contributed by atoms with Crippen molar-refractivity contribution in [3.8, 4) is 0 Å². The SMILES string of the molecule is CN1CCC(N2CCN(C(=O)CN(C(=O)c3ccc4cc[nH]c4c3)c3cccc4cccnc34)CC2)CC1.Cl.Cl. The van der Waals surface area contributed by atoms with Gasteiger partial charge in [-0.25, -0.2) is 0 Å². The van der Waals surface area contributed by atoms with Crippen LogP contribution in [0, 0.1) is 0 Å². The Kier molecular flexibility index (Phi) is 9.68. The van der Waals surface area contributed by atoms with Crippen LogP contribution in [-0.2, 0) is 4.79 Å². The summed E-state index contributed by atoms with van der Waals surface area (Å²) in [6, 6.07) is 17.8. The van der Waals surface area contributed by atoms with Crippen LogP contribution in [0.4, 0.5) is 5.69 Å². The molecule has 6 rings (SSSR count). The molecule has 8 nitrogen and oxygen atoms in total. The number of carbonyl (C=O) groups excluding carboxylic acids is 2. The summed E-state index contributed by atoms with van der Waals surface area (Å²) in [5.74, 6) is -0.242. The molecule has 2 aromatic heterocycles. The number of rotatable bonds is 5. The highest BCUT2D eigenvalue weighted by Gasteiger charge is 2.30. The van der Waals surface area contributed by atoms with E-state index in [1.807, 2.05) is 65.7 Å². The zero-order valence-electron chi connectivity index (χ0n) is 22.7. The van der Waals surface area contributed by atoms with Gasteiger partial charge in [0, 0.05) is 61.1 Å². The molecule has 212 valence electrons. The summed E-state index contributed by atoms with van der Waals surface area (Å²) in [6.07, 6.45) is 5.96. The highest BCUT2D eigenvalue weighted by atomic mass is 35.5. The maximum Gasteiger partial charge on any atom is 0.258 e. The summed E-state index contributed by atoms with van der Waals surface area (Å²) in [5, 5.41) is 1.97. The molecular formula is C30H36Cl2N6O2. The number of likely N-dealkylation sites (tertiary alicyclic amines) is 1. The Labute approximate surface area is 247 Å². The van der Waals surface area contributed by atoms with Crippen molar-refractivity contribution in [2.45, 2.75) is 18.9 Å². The number of anilines is 1. The Balaban J connectivity index is 0.00000185. The van der Waals surface area contributed by atoms with Crippen LogP contribution >= 0.6 is 24.8 Å². The molecular weight excluding hydrogens is 547 g/mol. The molecule has 4 heterocycles. The van der Waals surface area contributed by atoms with Crippen LogP contribution in [0.5, 0.6) is 0 Å². The number of carbonyl (C=O) groups is 2. The lowest BCUT2D eigenvalue weighted by molar-refractivity contribution is -0.131. The van der Waals surface area contributed by atoms with Gasteiger partial charge in [-0.1, -0.05) is 24.3 Å². The van der Waals surface area contributed by atoms with Gasteiger partial charge in [-0.05, 0) is 68.7 Å². The second-order valence-corrected chi connectivity index (χ2v) is 10.5. The van der Waals surface area contributed by atoms with Gasteiger partial charge in [0.15, 0.2) is 0 Å². The summed E-state index contributed by atoms with van der Waals surface area (Å²) in [7, 11) is 2.18. The molecule has 40 heavy (non-hydrogen) atoms. The van der Waals surface area contributed by atoms with E-state index in [4.69, 9.17) is 0 Å². The van der Waals surface area contributed by atoms with Gasteiger partial charge < -0.3 is 14.8 Å². The fraction of sp³-hybridized carbons (Fsp3) is 0.367. The van der Waals surface area contributed by atoms with Crippen molar-refractivity contribution in [3.63, 3.8) is 0 Å². The van der Waals surface area contributed by atoms with E-state index < -0.39 is 0 Å². The Bertz CT molecular complexity index is 1460. The number of H-pyrrole nitrogens is 1. The average Bonchev–Trinajstić information content (AvgIpc) is 3.44. The van der Waals surface area contributed by atoms with E-state index >= 15 is 0 Å². The molecule has 1 N–H and O–H groups in total. The predicted molar refractivity (Wildman–Crippen MR) is 165 cm³/mol. The average molecular weight is 584 g/mol. The smallest absolute Gasteiger partial charge is 0.258 e. The summed E-state index contributed by atoms with van der Waals surface area (Å²) < 4.78 is 0. The molecule has 0 saturated carbocycles. The third-order valence-electron chi connectivity index (χ3n) is 8.11. The first-order chi connectivity index (χ1) is 18.6. The van der Waals surface area contributed by atoms with Gasteiger partial charge in [0.25, 0.3) is 5.91 Å². The quantitative estimate of drug-likeness (QED) is 0.376. The predicted octanol–water partition coefficient (Wildman–Crippen LogP) is 4.44. The minimum Gasteiger partial charge on any atom is -0.361 e. The van der Waals surface area contributed by atoms with Gasteiger partial charge in [0.2, 0.25) is 5.91 Å². The number of piperidine rings is 1. The number of nitrogens with one attached hydrogen (secondary N) is 1.